The molecule has 40 heavy (non-hydrogen) atoms. The van der Waals surface area contributed by atoms with E-state index in [4.69, 9.17) is 16.3 Å². The van der Waals surface area contributed by atoms with E-state index in [0.29, 0.717) is 48.6 Å². The summed E-state index contributed by atoms with van der Waals surface area (Å²) in [5, 5.41) is 13.8. The summed E-state index contributed by atoms with van der Waals surface area (Å²) in [7, 11) is 0. The lowest BCUT2D eigenvalue weighted by Gasteiger charge is -2.47. The predicted octanol–water partition coefficient (Wildman–Crippen LogP) is 5.90. The third kappa shape index (κ3) is 6.80. The lowest BCUT2D eigenvalue weighted by Crippen LogP contribution is -2.57. The van der Waals surface area contributed by atoms with Gasteiger partial charge in [0, 0.05) is 42.1 Å². The number of ether oxygens (including phenoxy) is 1. The number of halogens is 4. The molecule has 0 saturated carbocycles. The molecular weight excluding hydrogens is 549 g/mol. The Hall–Kier alpha value is -3.48. The first kappa shape index (κ1) is 29.5. The molecule has 3 atom stereocenters. The fraction of sp³-hybridized carbons (Fsp3) is 0.538. The fourth-order valence-corrected chi connectivity index (χ4v) is 5.38. The van der Waals surface area contributed by atoms with Crippen molar-refractivity contribution in [2.75, 3.05) is 4.90 Å². The number of aromatic amines is 1. The van der Waals surface area contributed by atoms with Crippen LogP contribution in [-0.2, 0) is 17.5 Å². The van der Waals surface area contributed by atoms with Gasteiger partial charge in [-0.3, -0.25) is 0 Å². The number of nitrogens with zero attached hydrogens (tertiary/aromatic N) is 7. The number of tetrazole rings is 1. The maximum absolute atomic E-state index is 13.6. The van der Waals surface area contributed by atoms with E-state index in [9.17, 15) is 18.0 Å². The Morgan fingerprint density at radius 2 is 1.80 bits per heavy atom. The highest BCUT2D eigenvalue weighted by atomic mass is 35.5. The number of carbonyl (C=O) groups is 1. The minimum absolute atomic E-state index is 0.0118. The maximum Gasteiger partial charge on any atom is 0.416 e. The molecule has 3 heterocycles. The summed E-state index contributed by atoms with van der Waals surface area (Å²) in [4.78, 5) is 25.8. The van der Waals surface area contributed by atoms with Crippen LogP contribution in [0.1, 0.15) is 64.5 Å². The number of amides is 1. The molecular formula is C26H32ClF3N8O2. The highest BCUT2D eigenvalue weighted by Crippen LogP contribution is 2.36. The van der Waals surface area contributed by atoms with Gasteiger partial charge in [0.2, 0.25) is 11.8 Å². The van der Waals surface area contributed by atoms with E-state index >= 15 is 0 Å². The number of alkyl halides is 3. The number of anilines is 1. The first-order valence-corrected chi connectivity index (χ1v) is 13.6. The molecule has 1 amide bonds. The Morgan fingerprint density at radius 1 is 1.15 bits per heavy atom. The molecule has 1 aliphatic rings. The SMILES string of the molecule is CC[C@@H]1CC(N(Cc2cc(Cl)cc(C(F)(F)F)c2)c2ncc(-c3nn[nH]n3)cn2)C[C@H](CC)N1C(=O)OC(C)C. The number of H-pyrrole nitrogens is 1. The minimum Gasteiger partial charge on any atom is -0.447 e. The maximum atomic E-state index is 13.6. The Kier molecular flexibility index (Phi) is 9.12. The second kappa shape index (κ2) is 12.4. The summed E-state index contributed by atoms with van der Waals surface area (Å²) in [6.45, 7) is 7.71. The molecule has 1 fully saturated rings. The van der Waals surface area contributed by atoms with Crippen molar-refractivity contribution >= 4 is 23.6 Å². The van der Waals surface area contributed by atoms with Crippen LogP contribution >= 0.6 is 11.6 Å². The average molecular weight is 581 g/mol. The van der Waals surface area contributed by atoms with E-state index in [0.717, 1.165) is 12.1 Å². The molecule has 10 nitrogen and oxygen atoms in total. The van der Waals surface area contributed by atoms with Crippen LogP contribution < -0.4 is 4.90 Å². The minimum atomic E-state index is -4.55. The molecule has 216 valence electrons. The molecule has 1 aliphatic heterocycles. The first-order chi connectivity index (χ1) is 19.0. The van der Waals surface area contributed by atoms with Crippen LogP contribution in [0.15, 0.2) is 30.6 Å². The van der Waals surface area contributed by atoms with Gasteiger partial charge in [-0.2, -0.15) is 18.4 Å². The van der Waals surface area contributed by atoms with Gasteiger partial charge in [-0.25, -0.2) is 14.8 Å². The molecule has 0 aliphatic carbocycles. The zero-order valence-electron chi connectivity index (χ0n) is 22.7. The highest BCUT2D eigenvalue weighted by Gasteiger charge is 2.41. The first-order valence-electron chi connectivity index (χ1n) is 13.2. The number of carbonyl (C=O) groups excluding carboxylic acids is 1. The summed E-state index contributed by atoms with van der Waals surface area (Å²) in [5.41, 5.74) is 0.0736. The molecule has 3 aromatic rings. The summed E-state index contributed by atoms with van der Waals surface area (Å²) in [6.07, 6.45) is 0.410. The van der Waals surface area contributed by atoms with E-state index in [2.05, 4.69) is 30.6 Å². The number of piperidine rings is 1. The lowest BCUT2D eigenvalue weighted by atomic mass is 9.87. The standard InChI is InChI=1S/C26H32ClF3N8O2/c1-5-20-10-22(11-21(6-2)38(20)25(39)40-15(3)4)37(14-16-7-18(26(28,29)30)9-19(27)8-16)24-31-12-17(13-32-24)23-33-35-36-34-23/h7-9,12-13,15,20-22H,5-6,10-11,14H2,1-4H3,(H,33,34,35,36)/t20-,21+,22?. The van der Waals surface area contributed by atoms with Crippen LogP contribution in [-0.4, -0.2) is 65.8 Å². The van der Waals surface area contributed by atoms with E-state index in [1.54, 1.807) is 12.4 Å². The number of nitrogens with one attached hydrogen (secondary N) is 1. The van der Waals surface area contributed by atoms with Gasteiger partial charge in [-0.15, -0.1) is 10.2 Å². The van der Waals surface area contributed by atoms with Crippen molar-refractivity contribution in [3.05, 3.63) is 46.7 Å². The number of benzene rings is 1. The third-order valence-electron chi connectivity index (χ3n) is 6.94. The van der Waals surface area contributed by atoms with E-state index < -0.39 is 11.7 Å². The Bertz CT molecular complexity index is 1260. The molecule has 1 unspecified atom stereocenters. The monoisotopic (exact) mass is 580 g/mol. The van der Waals surface area contributed by atoms with Gasteiger partial charge in [0.15, 0.2) is 0 Å². The Labute approximate surface area is 235 Å². The van der Waals surface area contributed by atoms with Gasteiger partial charge in [0.05, 0.1) is 17.2 Å². The van der Waals surface area contributed by atoms with Crippen LogP contribution in [0.3, 0.4) is 0 Å². The second-order valence-electron chi connectivity index (χ2n) is 10.1. The smallest absolute Gasteiger partial charge is 0.416 e. The quantitative estimate of drug-likeness (QED) is 0.350. The van der Waals surface area contributed by atoms with Crippen molar-refractivity contribution in [2.24, 2.45) is 0 Å². The summed E-state index contributed by atoms with van der Waals surface area (Å²) < 4.78 is 46.3. The molecule has 0 bridgehead atoms. The third-order valence-corrected chi connectivity index (χ3v) is 7.16. The molecule has 4 rings (SSSR count). The van der Waals surface area contributed by atoms with Crippen LogP contribution in [0.5, 0.6) is 0 Å². The molecule has 1 saturated heterocycles. The number of likely N-dealkylation sites (tertiary alicyclic amines) is 1. The van der Waals surface area contributed by atoms with Crippen molar-refractivity contribution in [3.8, 4) is 11.4 Å². The van der Waals surface area contributed by atoms with Gasteiger partial charge >= 0.3 is 12.3 Å². The predicted molar refractivity (Wildman–Crippen MR) is 142 cm³/mol. The van der Waals surface area contributed by atoms with E-state index in [-0.39, 0.29) is 41.9 Å². The van der Waals surface area contributed by atoms with Crippen LogP contribution in [0.25, 0.3) is 11.4 Å². The summed E-state index contributed by atoms with van der Waals surface area (Å²) >= 11 is 6.11. The largest absolute Gasteiger partial charge is 0.447 e. The van der Waals surface area contributed by atoms with E-state index in [1.807, 2.05) is 37.5 Å². The Morgan fingerprint density at radius 3 is 2.33 bits per heavy atom. The van der Waals surface area contributed by atoms with Crippen molar-refractivity contribution in [2.45, 2.75) is 90.3 Å². The van der Waals surface area contributed by atoms with Gasteiger partial charge in [0.25, 0.3) is 0 Å². The van der Waals surface area contributed by atoms with Gasteiger partial charge in [-0.1, -0.05) is 25.4 Å². The average Bonchev–Trinajstić information content (AvgIpc) is 3.45. The fourth-order valence-electron chi connectivity index (χ4n) is 5.13. The van der Waals surface area contributed by atoms with Gasteiger partial charge in [-0.05, 0) is 68.5 Å². The van der Waals surface area contributed by atoms with Crippen LogP contribution in [0, 0.1) is 0 Å². The molecule has 14 heteroatoms. The number of rotatable bonds is 8. The summed E-state index contributed by atoms with van der Waals surface area (Å²) in [5.74, 6) is 0.644. The Balaban J connectivity index is 1.70. The van der Waals surface area contributed by atoms with Crippen LogP contribution in [0.4, 0.5) is 23.9 Å². The van der Waals surface area contributed by atoms with Crippen molar-refractivity contribution < 1.29 is 22.7 Å². The van der Waals surface area contributed by atoms with Crippen molar-refractivity contribution in [1.29, 1.82) is 0 Å². The van der Waals surface area contributed by atoms with Crippen LogP contribution in [0.2, 0.25) is 5.02 Å². The number of hydrogen-bond donors (Lipinski definition) is 1. The molecule has 1 N–H and O–H groups in total. The molecule has 0 spiro atoms. The molecule has 1 aromatic carbocycles. The van der Waals surface area contributed by atoms with Gasteiger partial charge < -0.3 is 14.5 Å². The van der Waals surface area contributed by atoms with Crippen molar-refractivity contribution in [3.63, 3.8) is 0 Å². The topological polar surface area (TPSA) is 113 Å². The van der Waals surface area contributed by atoms with Gasteiger partial charge in [0.1, 0.15) is 0 Å². The highest BCUT2D eigenvalue weighted by molar-refractivity contribution is 6.30. The summed E-state index contributed by atoms with van der Waals surface area (Å²) in [6, 6.07) is 3.06. The lowest BCUT2D eigenvalue weighted by molar-refractivity contribution is -0.137. The van der Waals surface area contributed by atoms with E-state index in [1.165, 1.54) is 6.07 Å². The van der Waals surface area contributed by atoms with Crippen molar-refractivity contribution in [1.82, 2.24) is 35.5 Å². The zero-order chi connectivity index (χ0) is 29.0. The number of aromatic nitrogens is 6. The number of hydrogen-bond acceptors (Lipinski definition) is 8. The zero-order valence-corrected chi connectivity index (χ0v) is 23.4. The molecule has 2 aromatic heterocycles. The second-order valence-corrected chi connectivity index (χ2v) is 10.5. The molecule has 0 radical (unpaired) electrons. The normalized spacial score (nSPS) is 19.6.